The highest BCUT2D eigenvalue weighted by molar-refractivity contribution is 5.92. The number of amides is 1. The predicted molar refractivity (Wildman–Crippen MR) is 64.4 cm³/mol. The summed E-state index contributed by atoms with van der Waals surface area (Å²) in [4.78, 5) is 15.3. The van der Waals surface area contributed by atoms with E-state index >= 15 is 0 Å². The highest BCUT2D eigenvalue weighted by Crippen LogP contribution is 2.20. The van der Waals surface area contributed by atoms with Crippen LogP contribution in [0, 0.1) is 6.92 Å². The Balaban J connectivity index is 2.15. The van der Waals surface area contributed by atoms with Gasteiger partial charge in [-0.3, -0.25) is 4.79 Å². The molecule has 0 saturated carbocycles. The molecule has 2 rings (SSSR count). The first kappa shape index (κ1) is 11.3. The smallest absolute Gasteiger partial charge is 0.238 e. The van der Waals surface area contributed by atoms with E-state index in [2.05, 4.69) is 10.3 Å². The minimum absolute atomic E-state index is 0.0236. The second-order valence-corrected chi connectivity index (χ2v) is 3.58. The number of nitrogens with zero attached hydrogens (tertiary/aromatic N) is 1. The molecule has 1 heterocycles. The molecule has 1 amide bonds. The van der Waals surface area contributed by atoms with Gasteiger partial charge >= 0.3 is 0 Å². The molecule has 5 heteroatoms. The minimum atomic E-state index is -0.213. The van der Waals surface area contributed by atoms with Crippen molar-refractivity contribution in [2.45, 2.75) is 6.92 Å². The molecule has 3 N–H and O–H groups in total. The SMILES string of the molecule is Cc1nc(-c2ccc(NC(=O)CN)cc2)co1. The molecule has 0 spiro atoms. The molecule has 2 aromatic rings. The number of nitrogens with two attached hydrogens (primary N) is 1. The maximum Gasteiger partial charge on any atom is 0.238 e. The van der Waals surface area contributed by atoms with E-state index in [0.29, 0.717) is 11.6 Å². The summed E-state index contributed by atoms with van der Waals surface area (Å²) in [5.41, 5.74) is 7.64. The van der Waals surface area contributed by atoms with Gasteiger partial charge in [0.25, 0.3) is 0 Å². The van der Waals surface area contributed by atoms with Crippen molar-refractivity contribution in [3.8, 4) is 11.3 Å². The van der Waals surface area contributed by atoms with E-state index in [9.17, 15) is 4.79 Å². The number of anilines is 1. The average molecular weight is 231 g/mol. The molecule has 17 heavy (non-hydrogen) atoms. The van der Waals surface area contributed by atoms with Gasteiger partial charge in [0.2, 0.25) is 5.91 Å². The van der Waals surface area contributed by atoms with Crippen LogP contribution < -0.4 is 11.1 Å². The number of rotatable bonds is 3. The molecule has 0 aliphatic carbocycles. The van der Waals surface area contributed by atoms with Crippen molar-refractivity contribution in [3.05, 3.63) is 36.4 Å². The van der Waals surface area contributed by atoms with Crippen molar-refractivity contribution in [1.82, 2.24) is 4.98 Å². The first-order chi connectivity index (χ1) is 8.19. The van der Waals surface area contributed by atoms with Crippen LogP contribution >= 0.6 is 0 Å². The zero-order valence-electron chi connectivity index (χ0n) is 9.43. The lowest BCUT2D eigenvalue weighted by Gasteiger charge is -2.03. The molecule has 0 bridgehead atoms. The molecule has 0 saturated heterocycles. The van der Waals surface area contributed by atoms with Crippen LogP contribution in [0.4, 0.5) is 5.69 Å². The second kappa shape index (κ2) is 4.80. The number of hydrogen-bond acceptors (Lipinski definition) is 4. The standard InChI is InChI=1S/C12H13N3O2/c1-8-14-11(7-17-8)9-2-4-10(5-3-9)15-12(16)6-13/h2-5,7H,6,13H2,1H3,(H,15,16). The first-order valence-electron chi connectivity index (χ1n) is 5.21. The van der Waals surface area contributed by atoms with E-state index in [-0.39, 0.29) is 12.5 Å². The largest absolute Gasteiger partial charge is 0.449 e. The Hall–Kier alpha value is -2.14. The maximum absolute atomic E-state index is 11.1. The molecule has 0 radical (unpaired) electrons. The number of aromatic nitrogens is 1. The van der Waals surface area contributed by atoms with Crippen molar-refractivity contribution in [1.29, 1.82) is 0 Å². The van der Waals surface area contributed by atoms with Crippen LogP contribution in [-0.2, 0) is 4.79 Å². The van der Waals surface area contributed by atoms with Gasteiger partial charge in [0, 0.05) is 18.2 Å². The van der Waals surface area contributed by atoms with Gasteiger partial charge in [-0.05, 0) is 12.1 Å². The van der Waals surface area contributed by atoms with Crippen molar-refractivity contribution < 1.29 is 9.21 Å². The Morgan fingerprint density at radius 1 is 1.41 bits per heavy atom. The summed E-state index contributed by atoms with van der Waals surface area (Å²) < 4.78 is 5.13. The molecule has 5 nitrogen and oxygen atoms in total. The fraction of sp³-hybridized carbons (Fsp3) is 0.167. The van der Waals surface area contributed by atoms with Crippen LogP contribution in [0.15, 0.2) is 34.9 Å². The summed E-state index contributed by atoms with van der Waals surface area (Å²) in [6, 6.07) is 7.33. The van der Waals surface area contributed by atoms with Crippen molar-refractivity contribution >= 4 is 11.6 Å². The third-order valence-corrected chi connectivity index (χ3v) is 2.27. The van der Waals surface area contributed by atoms with Gasteiger partial charge in [0.05, 0.1) is 6.54 Å². The van der Waals surface area contributed by atoms with Crippen LogP contribution in [0.1, 0.15) is 5.89 Å². The molecule has 0 fully saturated rings. The van der Waals surface area contributed by atoms with Gasteiger partial charge in [-0.15, -0.1) is 0 Å². The molecule has 1 aromatic heterocycles. The zero-order chi connectivity index (χ0) is 12.3. The summed E-state index contributed by atoms with van der Waals surface area (Å²) in [6.07, 6.45) is 1.60. The minimum Gasteiger partial charge on any atom is -0.449 e. The number of hydrogen-bond donors (Lipinski definition) is 2. The molecule has 88 valence electrons. The van der Waals surface area contributed by atoms with E-state index in [0.717, 1.165) is 11.3 Å². The second-order valence-electron chi connectivity index (χ2n) is 3.58. The third-order valence-electron chi connectivity index (χ3n) is 2.27. The first-order valence-corrected chi connectivity index (χ1v) is 5.21. The summed E-state index contributed by atoms with van der Waals surface area (Å²) in [6.45, 7) is 1.77. The molecule has 1 aromatic carbocycles. The van der Waals surface area contributed by atoms with Crippen molar-refractivity contribution in [2.24, 2.45) is 5.73 Å². The molecule has 0 atom stereocenters. The summed E-state index contributed by atoms with van der Waals surface area (Å²) >= 11 is 0. The van der Waals surface area contributed by atoms with Crippen molar-refractivity contribution in [3.63, 3.8) is 0 Å². The van der Waals surface area contributed by atoms with Gasteiger partial charge in [-0.25, -0.2) is 4.98 Å². The highest BCUT2D eigenvalue weighted by atomic mass is 16.3. The molecular formula is C12H13N3O2. The normalized spacial score (nSPS) is 10.2. The van der Waals surface area contributed by atoms with E-state index in [4.69, 9.17) is 10.2 Å². The molecule has 0 unspecified atom stereocenters. The number of carbonyl (C=O) groups excluding carboxylic acids is 1. The topological polar surface area (TPSA) is 81.2 Å². The number of nitrogens with one attached hydrogen (secondary N) is 1. The van der Waals surface area contributed by atoms with Crippen LogP contribution in [0.3, 0.4) is 0 Å². The zero-order valence-corrected chi connectivity index (χ0v) is 9.43. The summed E-state index contributed by atoms with van der Waals surface area (Å²) in [5.74, 6) is 0.413. The Morgan fingerprint density at radius 3 is 2.65 bits per heavy atom. The predicted octanol–water partition coefficient (Wildman–Crippen LogP) is 1.55. The number of carbonyl (C=O) groups is 1. The Labute approximate surface area is 98.6 Å². The number of benzene rings is 1. The van der Waals surface area contributed by atoms with E-state index < -0.39 is 0 Å². The summed E-state index contributed by atoms with van der Waals surface area (Å²) in [7, 11) is 0. The monoisotopic (exact) mass is 231 g/mol. The fourth-order valence-electron chi connectivity index (χ4n) is 1.43. The van der Waals surface area contributed by atoms with E-state index in [1.807, 2.05) is 12.1 Å². The van der Waals surface area contributed by atoms with Gasteiger partial charge in [0.1, 0.15) is 12.0 Å². The van der Waals surface area contributed by atoms with Crippen LogP contribution in [-0.4, -0.2) is 17.4 Å². The van der Waals surface area contributed by atoms with Gasteiger partial charge in [0.15, 0.2) is 5.89 Å². The molecule has 0 aliphatic heterocycles. The fourth-order valence-corrected chi connectivity index (χ4v) is 1.43. The van der Waals surface area contributed by atoms with Gasteiger partial charge < -0.3 is 15.5 Å². The Morgan fingerprint density at radius 2 is 2.12 bits per heavy atom. The number of aryl methyl sites for hydroxylation is 1. The maximum atomic E-state index is 11.1. The number of oxazole rings is 1. The van der Waals surface area contributed by atoms with E-state index in [1.54, 1.807) is 25.3 Å². The highest BCUT2D eigenvalue weighted by Gasteiger charge is 2.04. The van der Waals surface area contributed by atoms with Crippen LogP contribution in [0.2, 0.25) is 0 Å². The lowest BCUT2D eigenvalue weighted by molar-refractivity contribution is -0.114. The lowest BCUT2D eigenvalue weighted by atomic mass is 10.1. The average Bonchev–Trinajstić information content (AvgIpc) is 2.77. The van der Waals surface area contributed by atoms with Gasteiger partial charge in [-0.2, -0.15) is 0 Å². The Kier molecular flexibility index (Phi) is 3.20. The van der Waals surface area contributed by atoms with Crippen LogP contribution in [0.5, 0.6) is 0 Å². The third kappa shape index (κ3) is 2.70. The van der Waals surface area contributed by atoms with Crippen molar-refractivity contribution in [2.75, 3.05) is 11.9 Å². The molecule has 0 aliphatic rings. The molecular weight excluding hydrogens is 218 g/mol. The van der Waals surface area contributed by atoms with Crippen LogP contribution in [0.25, 0.3) is 11.3 Å². The van der Waals surface area contributed by atoms with E-state index in [1.165, 1.54) is 0 Å². The van der Waals surface area contributed by atoms with Gasteiger partial charge in [-0.1, -0.05) is 12.1 Å². The Bertz CT molecular complexity index is 517. The lowest BCUT2D eigenvalue weighted by Crippen LogP contribution is -2.21. The summed E-state index contributed by atoms with van der Waals surface area (Å²) in [5, 5.41) is 2.67. The quantitative estimate of drug-likeness (QED) is 0.839.